The molecule has 0 bridgehead atoms. The van der Waals surface area contributed by atoms with Crippen molar-refractivity contribution in [2.45, 2.75) is 51.1 Å². The molecular formula is C14H23N3O4. The summed E-state index contributed by atoms with van der Waals surface area (Å²) in [5, 5.41) is 12.0. The Morgan fingerprint density at radius 2 is 2.05 bits per heavy atom. The van der Waals surface area contributed by atoms with Gasteiger partial charge in [0.15, 0.2) is 0 Å². The van der Waals surface area contributed by atoms with Crippen LogP contribution in [0.1, 0.15) is 39.5 Å². The van der Waals surface area contributed by atoms with E-state index in [1.807, 2.05) is 0 Å². The minimum absolute atomic E-state index is 0.0859. The summed E-state index contributed by atoms with van der Waals surface area (Å²) in [5.41, 5.74) is -0.966. The number of carbonyl (C=O) groups excluding carboxylic acids is 3. The van der Waals surface area contributed by atoms with Crippen LogP contribution in [-0.2, 0) is 9.59 Å². The summed E-state index contributed by atoms with van der Waals surface area (Å²) in [5.74, 6) is -0.673. The van der Waals surface area contributed by atoms with Crippen molar-refractivity contribution < 1.29 is 19.5 Å². The minimum Gasteiger partial charge on any atom is -0.394 e. The molecule has 0 aromatic carbocycles. The predicted molar refractivity (Wildman–Crippen MR) is 75.4 cm³/mol. The molecule has 2 aliphatic rings. The highest BCUT2D eigenvalue weighted by atomic mass is 16.3. The lowest BCUT2D eigenvalue weighted by Gasteiger charge is -2.29. The van der Waals surface area contributed by atoms with E-state index in [0.717, 1.165) is 30.6 Å². The van der Waals surface area contributed by atoms with Crippen LogP contribution in [0.15, 0.2) is 0 Å². The quantitative estimate of drug-likeness (QED) is 0.722. The maximum atomic E-state index is 12.4. The molecule has 0 aromatic heterocycles. The number of aliphatic hydroxyl groups is 1. The molecule has 4 amide bonds. The molecule has 2 fully saturated rings. The Labute approximate surface area is 124 Å². The zero-order valence-electron chi connectivity index (χ0n) is 12.6. The van der Waals surface area contributed by atoms with Gasteiger partial charge >= 0.3 is 6.03 Å². The van der Waals surface area contributed by atoms with E-state index in [0.29, 0.717) is 6.54 Å². The Morgan fingerprint density at radius 3 is 2.62 bits per heavy atom. The fourth-order valence-corrected chi connectivity index (χ4v) is 2.88. The molecule has 2 heterocycles. The van der Waals surface area contributed by atoms with Gasteiger partial charge in [0.05, 0.1) is 12.6 Å². The zero-order valence-corrected chi connectivity index (χ0v) is 12.6. The van der Waals surface area contributed by atoms with E-state index in [9.17, 15) is 19.5 Å². The Morgan fingerprint density at radius 1 is 1.33 bits per heavy atom. The maximum absolute atomic E-state index is 12.4. The topological polar surface area (TPSA) is 90.0 Å². The lowest BCUT2D eigenvalue weighted by atomic mass is 10.1. The van der Waals surface area contributed by atoms with Crippen molar-refractivity contribution in [2.24, 2.45) is 0 Å². The first-order valence-electron chi connectivity index (χ1n) is 7.41. The number of hydrogen-bond acceptors (Lipinski definition) is 4. The molecule has 1 atom stereocenters. The first-order chi connectivity index (χ1) is 9.86. The van der Waals surface area contributed by atoms with E-state index >= 15 is 0 Å². The molecule has 0 spiro atoms. The van der Waals surface area contributed by atoms with Gasteiger partial charge in [-0.2, -0.15) is 0 Å². The Kier molecular flexibility index (Phi) is 4.51. The lowest BCUT2D eigenvalue weighted by Crippen LogP contribution is -2.48. The minimum atomic E-state index is -0.966. The molecule has 7 heteroatoms. The molecular weight excluding hydrogens is 274 g/mol. The Hall–Kier alpha value is -1.63. The normalized spacial score (nSPS) is 25.8. The largest absolute Gasteiger partial charge is 0.394 e. The first-order valence-corrected chi connectivity index (χ1v) is 7.41. The van der Waals surface area contributed by atoms with Crippen LogP contribution in [0.4, 0.5) is 4.79 Å². The monoisotopic (exact) mass is 297 g/mol. The number of amides is 4. The molecule has 2 aliphatic heterocycles. The van der Waals surface area contributed by atoms with Crippen LogP contribution in [0.25, 0.3) is 0 Å². The summed E-state index contributed by atoms with van der Waals surface area (Å²) in [6.45, 7) is 3.44. The Bertz CT molecular complexity index is 450. The summed E-state index contributed by atoms with van der Waals surface area (Å²) in [6.07, 6.45) is 3.64. The average Bonchev–Trinajstić information content (AvgIpc) is 2.64. The highest BCUT2D eigenvalue weighted by Gasteiger charge is 2.45. The SMILES string of the molecule is CC1(C)NC(=O)N(CC(=O)N2CCCCCC2CO)C1=O. The molecule has 0 aromatic rings. The standard InChI is InChI=1S/C14H23N3O4/c1-14(2)12(20)17(13(21)15-14)8-11(19)16-7-5-3-4-6-10(16)9-18/h10,18H,3-9H2,1-2H3,(H,15,21). The third-order valence-corrected chi connectivity index (χ3v) is 4.15. The van der Waals surface area contributed by atoms with Crippen molar-refractivity contribution >= 4 is 17.8 Å². The molecule has 0 radical (unpaired) electrons. The number of nitrogens with zero attached hydrogens (tertiary/aromatic N) is 2. The number of urea groups is 1. The molecule has 2 N–H and O–H groups in total. The molecule has 0 aliphatic carbocycles. The van der Waals surface area contributed by atoms with Crippen molar-refractivity contribution in [2.75, 3.05) is 19.7 Å². The number of hydrogen-bond donors (Lipinski definition) is 2. The molecule has 7 nitrogen and oxygen atoms in total. The highest BCUT2D eigenvalue weighted by Crippen LogP contribution is 2.19. The van der Waals surface area contributed by atoms with E-state index in [2.05, 4.69) is 5.32 Å². The third-order valence-electron chi connectivity index (χ3n) is 4.15. The van der Waals surface area contributed by atoms with Gasteiger partial charge in [-0.05, 0) is 26.7 Å². The number of nitrogens with one attached hydrogen (secondary N) is 1. The second-order valence-corrected chi connectivity index (χ2v) is 6.22. The van der Waals surface area contributed by atoms with Crippen LogP contribution in [0.3, 0.4) is 0 Å². The molecule has 21 heavy (non-hydrogen) atoms. The van der Waals surface area contributed by atoms with Gasteiger partial charge in [0.1, 0.15) is 12.1 Å². The summed E-state index contributed by atoms with van der Waals surface area (Å²) < 4.78 is 0. The van der Waals surface area contributed by atoms with Crippen LogP contribution in [0.5, 0.6) is 0 Å². The lowest BCUT2D eigenvalue weighted by molar-refractivity contribution is -0.140. The van der Waals surface area contributed by atoms with Gasteiger partial charge in [-0.25, -0.2) is 4.79 Å². The number of aliphatic hydroxyl groups excluding tert-OH is 1. The molecule has 0 saturated carbocycles. The summed E-state index contributed by atoms with van der Waals surface area (Å²) in [4.78, 5) is 38.9. The van der Waals surface area contributed by atoms with E-state index < -0.39 is 17.5 Å². The average molecular weight is 297 g/mol. The molecule has 1 unspecified atom stereocenters. The van der Waals surface area contributed by atoms with E-state index in [4.69, 9.17) is 0 Å². The summed E-state index contributed by atoms with van der Waals surface area (Å²) in [6, 6.07) is -0.748. The van der Waals surface area contributed by atoms with Gasteiger partial charge in [0.2, 0.25) is 5.91 Å². The maximum Gasteiger partial charge on any atom is 0.325 e. The number of rotatable bonds is 3. The van der Waals surface area contributed by atoms with Crippen LogP contribution in [0, 0.1) is 0 Å². The first kappa shape index (κ1) is 15.8. The van der Waals surface area contributed by atoms with Crippen molar-refractivity contribution in [3.05, 3.63) is 0 Å². The molecule has 118 valence electrons. The van der Waals surface area contributed by atoms with E-state index in [-0.39, 0.29) is 25.1 Å². The fourth-order valence-electron chi connectivity index (χ4n) is 2.88. The summed E-state index contributed by atoms with van der Waals surface area (Å²) >= 11 is 0. The van der Waals surface area contributed by atoms with Crippen LogP contribution in [0.2, 0.25) is 0 Å². The molecule has 2 rings (SSSR count). The summed E-state index contributed by atoms with van der Waals surface area (Å²) in [7, 11) is 0. The van der Waals surface area contributed by atoms with Gasteiger partial charge in [-0.15, -0.1) is 0 Å². The second kappa shape index (κ2) is 6.01. The molecule has 2 saturated heterocycles. The highest BCUT2D eigenvalue weighted by molar-refractivity contribution is 6.08. The van der Waals surface area contributed by atoms with Crippen LogP contribution >= 0.6 is 0 Å². The number of carbonyl (C=O) groups is 3. The zero-order chi connectivity index (χ0) is 15.6. The van der Waals surface area contributed by atoms with Crippen molar-refractivity contribution in [1.82, 2.24) is 15.1 Å². The van der Waals surface area contributed by atoms with Gasteiger partial charge in [-0.1, -0.05) is 12.8 Å². The van der Waals surface area contributed by atoms with Gasteiger partial charge in [-0.3, -0.25) is 14.5 Å². The van der Waals surface area contributed by atoms with Gasteiger partial charge in [0, 0.05) is 6.54 Å². The smallest absolute Gasteiger partial charge is 0.325 e. The Balaban J connectivity index is 2.06. The van der Waals surface area contributed by atoms with Crippen LogP contribution in [-0.4, -0.2) is 64.0 Å². The third kappa shape index (κ3) is 3.18. The van der Waals surface area contributed by atoms with Crippen molar-refractivity contribution in [1.29, 1.82) is 0 Å². The van der Waals surface area contributed by atoms with E-state index in [1.54, 1.807) is 18.7 Å². The van der Waals surface area contributed by atoms with Gasteiger partial charge in [0.25, 0.3) is 5.91 Å². The van der Waals surface area contributed by atoms with Gasteiger partial charge < -0.3 is 15.3 Å². The number of likely N-dealkylation sites (tertiary alicyclic amines) is 1. The van der Waals surface area contributed by atoms with E-state index in [1.165, 1.54) is 0 Å². The van der Waals surface area contributed by atoms with Crippen LogP contribution < -0.4 is 5.32 Å². The predicted octanol–water partition coefficient (Wildman–Crippen LogP) is 0.0803. The second-order valence-electron chi connectivity index (χ2n) is 6.22. The fraction of sp³-hybridized carbons (Fsp3) is 0.786. The van der Waals surface area contributed by atoms with Crippen molar-refractivity contribution in [3.8, 4) is 0 Å². The number of imide groups is 1. The van der Waals surface area contributed by atoms with Crippen molar-refractivity contribution in [3.63, 3.8) is 0 Å².